The number of thiophene rings is 1. The highest BCUT2D eigenvalue weighted by atomic mass is 32.2. The van der Waals surface area contributed by atoms with Crippen LogP contribution in [0.3, 0.4) is 0 Å². The zero-order valence-corrected chi connectivity index (χ0v) is 21.1. The van der Waals surface area contributed by atoms with Crippen LogP contribution in [-0.2, 0) is 27.8 Å². The lowest BCUT2D eigenvalue weighted by molar-refractivity contribution is -0.121. The second-order valence-electron chi connectivity index (χ2n) is 8.07. The molecule has 1 fully saturated rings. The lowest BCUT2D eigenvalue weighted by atomic mass is 10.1. The van der Waals surface area contributed by atoms with Crippen LogP contribution in [0.1, 0.15) is 31.0 Å². The number of amides is 1. The Morgan fingerprint density at radius 3 is 2.79 bits per heavy atom. The Bertz CT molecular complexity index is 1400. The summed E-state index contributed by atoms with van der Waals surface area (Å²) in [7, 11) is -3.74. The third kappa shape index (κ3) is 4.26. The Labute approximate surface area is 206 Å². The average molecular weight is 513 g/mol. The van der Waals surface area contributed by atoms with E-state index >= 15 is 0 Å². The fourth-order valence-corrected chi connectivity index (χ4v) is 8.06. The summed E-state index contributed by atoms with van der Waals surface area (Å²) in [5, 5.41) is 2.30. The SMILES string of the molecule is CCc1cccc2sc(N(Cc3ccccn3)C(=O)C3CCCN3S(=O)(=O)c3cccs3)nc12. The van der Waals surface area contributed by atoms with E-state index in [9.17, 15) is 13.2 Å². The van der Waals surface area contributed by atoms with Crippen LogP contribution in [-0.4, -0.2) is 41.2 Å². The van der Waals surface area contributed by atoms with Gasteiger partial charge in [-0.2, -0.15) is 4.31 Å². The van der Waals surface area contributed by atoms with Crippen LogP contribution >= 0.6 is 22.7 Å². The van der Waals surface area contributed by atoms with Crippen LogP contribution in [0, 0.1) is 0 Å². The minimum Gasteiger partial charge on any atom is -0.281 e. The van der Waals surface area contributed by atoms with Crippen molar-refractivity contribution in [3.63, 3.8) is 0 Å². The number of carbonyl (C=O) groups excluding carboxylic acids is 1. The second kappa shape index (κ2) is 9.53. The average Bonchev–Trinajstić information content (AvgIpc) is 3.62. The molecular formula is C24H24N4O3S3. The van der Waals surface area contributed by atoms with Gasteiger partial charge in [0.15, 0.2) is 5.13 Å². The van der Waals surface area contributed by atoms with Crippen LogP contribution < -0.4 is 4.90 Å². The van der Waals surface area contributed by atoms with Gasteiger partial charge in [0.1, 0.15) is 10.3 Å². The highest BCUT2D eigenvalue weighted by molar-refractivity contribution is 7.91. The van der Waals surface area contributed by atoms with Crippen molar-refractivity contribution in [2.24, 2.45) is 0 Å². The van der Waals surface area contributed by atoms with E-state index < -0.39 is 16.1 Å². The van der Waals surface area contributed by atoms with Gasteiger partial charge in [-0.25, -0.2) is 13.4 Å². The monoisotopic (exact) mass is 512 g/mol. The number of sulfonamides is 1. The number of aryl methyl sites for hydroxylation is 1. The summed E-state index contributed by atoms with van der Waals surface area (Å²) in [6.45, 7) is 2.63. The highest BCUT2D eigenvalue weighted by Gasteiger charge is 2.42. The number of aromatic nitrogens is 2. The minimum absolute atomic E-state index is 0.227. The highest BCUT2D eigenvalue weighted by Crippen LogP contribution is 2.35. The molecule has 4 aromatic rings. The molecule has 4 heterocycles. The standard InChI is InChI=1S/C24H24N4O3S3/c1-2-17-8-5-11-20-22(17)26-24(33-20)27(16-18-9-3-4-13-25-18)23(29)19-10-6-14-28(19)34(30,31)21-12-7-15-32-21/h3-5,7-9,11-13,15,19H,2,6,10,14,16H2,1H3. The number of benzene rings is 1. The largest absolute Gasteiger partial charge is 0.281 e. The van der Waals surface area contributed by atoms with Crippen LogP contribution in [0.25, 0.3) is 10.2 Å². The molecule has 0 aliphatic carbocycles. The summed E-state index contributed by atoms with van der Waals surface area (Å²) in [4.78, 5) is 24.8. The number of pyridine rings is 1. The molecule has 1 unspecified atom stereocenters. The summed E-state index contributed by atoms with van der Waals surface area (Å²) in [5.74, 6) is -0.264. The van der Waals surface area contributed by atoms with E-state index in [4.69, 9.17) is 4.98 Å². The van der Waals surface area contributed by atoms with Crippen LogP contribution in [0.15, 0.2) is 64.3 Å². The van der Waals surface area contributed by atoms with Gasteiger partial charge < -0.3 is 0 Å². The molecule has 1 atom stereocenters. The number of fused-ring (bicyclic) bond motifs is 1. The van der Waals surface area contributed by atoms with Crippen LogP contribution in [0.2, 0.25) is 0 Å². The number of hydrogen-bond donors (Lipinski definition) is 0. The molecule has 10 heteroatoms. The summed E-state index contributed by atoms with van der Waals surface area (Å²) in [5.41, 5.74) is 2.72. The molecular weight excluding hydrogens is 488 g/mol. The Morgan fingerprint density at radius 2 is 2.06 bits per heavy atom. The maximum Gasteiger partial charge on any atom is 0.253 e. The molecule has 1 amide bonds. The van der Waals surface area contributed by atoms with E-state index in [0.29, 0.717) is 24.5 Å². The fraction of sp³-hybridized carbons (Fsp3) is 0.292. The molecule has 7 nitrogen and oxygen atoms in total. The van der Waals surface area contributed by atoms with Gasteiger partial charge in [-0.1, -0.05) is 42.5 Å². The van der Waals surface area contributed by atoms with E-state index in [0.717, 1.165) is 27.9 Å². The number of hydrogen-bond acceptors (Lipinski definition) is 7. The molecule has 0 radical (unpaired) electrons. The lowest BCUT2D eigenvalue weighted by Crippen LogP contribution is -2.47. The molecule has 0 spiro atoms. The van der Waals surface area contributed by atoms with Gasteiger partial charge in [0.05, 0.1) is 22.5 Å². The van der Waals surface area contributed by atoms with Gasteiger partial charge in [-0.3, -0.25) is 14.7 Å². The predicted molar refractivity (Wildman–Crippen MR) is 136 cm³/mol. The second-order valence-corrected chi connectivity index (χ2v) is 12.1. The predicted octanol–water partition coefficient (Wildman–Crippen LogP) is 4.70. The quantitative estimate of drug-likeness (QED) is 0.358. The first-order chi connectivity index (χ1) is 16.5. The third-order valence-corrected chi connectivity index (χ3v) is 10.3. The lowest BCUT2D eigenvalue weighted by Gasteiger charge is -2.28. The number of rotatable bonds is 7. The molecule has 0 saturated carbocycles. The number of nitrogens with zero attached hydrogens (tertiary/aromatic N) is 4. The Morgan fingerprint density at radius 1 is 1.18 bits per heavy atom. The minimum atomic E-state index is -3.74. The van der Waals surface area contributed by atoms with Gasteiger partial charge in [0.2, 0.25) is 5.91 Å². The smallest absolute Gasteiger partial charge is 0.253 e. The summed E-state index contributed by atoms with van der Waals surface area (Å²) in [6, 6.07) is 14.1. The van der Waals surface area contributed by atoms with Gasteiger partial charge in [0.25, 0.3) is 10.0 Å². The molecule has 176 valence electrons. The van der Waals surface area contributed by atoms with E-state index in [1.54, 1.807) is 28.6 Å². The Kier molecular flexibility index (Phi) is 6.48. The molecule has 0 N–H and O–H groups in total. The van der Waals surface area contributed by atoms with Crippen molar-refractivity contribution in [3.8, 4) is 0 Å². The van der Waals surface area contributed by atoms with Gasteiger partial charge >= 0.3 is 0 Å². The van der Waals surface area contributed by atoms with Gasteiger partial charge in [-0.05, 0) is 54.5 Å². The van der Waals surface area contributed by atoms with Crippen molar-refractivity contribution >= 4 is 54.0 Å². The Balaban J connectivity index is 1.54. The Hall–Kier alpha value is -2.66. The zero-order valence-electron chi connectivity index (χ0n) is 18.6. The summed E-state index contributed by atoms with van der Waals surface area (Å²) >= 11 is 2.62. The summed E-state index contributed by atoms with van der Waals surface area (Å²) < 4.78 is 29.2. The molecule has 1 aromatic carbocycles. The number of para-hydroxylation sites is 1. The van der Waals surface area contributed by atoms with Crippen molar-refractivity contribution in [3.05, 3.63) is 71.4 Å². The molecule has 3 aromatic heterocycles. The maximum absolute atomic E-state index is 14.0. The number of carbonyl (C=O) groups is 1. The van der Waals surface area contributed by atoms with E-state index in [-0.39, 0.29) is 16.7 Å². The molecule has 34 heavy (non-hydrogen) atoms. The number of thiazole rings is 1. The van der Waals surface area contributed by atoms with E-state index in [1.165, 1.54) is 27.0 Å². The van der Waals surface area contributed by atoms with Crippen LogP contribution in [0.5, 0.6) is 0 Å². The molecule has 1 aliphatic rings. The topological polar surface area (TPSA) is 83.5 Å². The first-order valence-electron chi connectivity index (χ1n) is 11.1. The fourth-order valence-electron chi connectivity index (χ4n) is 4.27. The van der Waals surface area contributed by atoms with Gasteiger partial charge in [0, 0.05) is 12.7 Å². The van der Waals surface area contributed by atoms with E-state index in [2.05, 4.69) is 11.9 Å². The summed E-state index contributed by atoms with van der Waals surface area (Å²) in [6.07, 6.45) is 3.64. The molecule has 1 saturated heterocycles. The normalized spacial score (nSPS) is 16.8. The molecule has 0 bridgehead atoms. The number of anilines is 1. The van der Waals surface area contributed by atoms with Crippen molar-refractivity contribution in [2.75, 3.05) is 11.4 Å². The third-order valence-electron chi connectivity index (χ3n) is 5.96. The zero-order chi connectivity index (χ0) is 23.7. The van der Waals surface area contributed by atoms with Crippen molar-refractivity contribution in [2.45, 2.75) is 43.0 Å². The molecule has 5 rings (SSSR count). The van der Waals surface area contributed by atoms with Crippen molar-refractivity contribution in [1.29, 1.82) is 0 Å². The first-order valence-corrected chi connectivity index (χ1v) is 14.3. The molecule has 1 aliphatic heterocycles. The van der Waals surface area contributed by atoms with Crippen LogP contribution in [0.4, 0.5) is 5.13 Å². The van der Waals surface area contributed by atoms with Crippen molar-refractivity contribution in [1.82, 2.24) is 14.3 Å². The van der Waals surface area contributed by atoms with Gasteiger partial charge in [-0.15, -0.1) is 11.3 Å². The van der Waals surface area contributed by atoms with E-state index in [1.807, 2.05) is 36.4 Å². The first kappa shape index (κ1) is 23.1. The van der Waals surface area contributed by atoms with Crippen molar-refractivity contribution < 1.29 is 13.2 Å². The maximum atomic E-state index is 14.0.